The largest absolute Gasteiger partial charge is 0.395 e. The number of aliphatic hydroxyl groups is 2. The van der Waals surface area contributed by atoms with Crippen LogP contribution in [0.4, 0.5) is 0 Å². The van der Waals surface area contributed by atoms with Crippen molar-refractivity contribution >= 4 is 17.2 Å². The van der Waals surface area contributed by atoms with Gasteiger partial charge in [-0.3, -0.25) is 4.79 Å². The Morgan fingerprint density at radius 2 is 2.40 bits per heavy atom. The van der Waals surface area contributed by atoms with Gasteiger partial charge in [0, 0.05) is 25.1 Å². The molecule has 0 spiro atoms. The summed E-state index contributed by atoms with van der Waals surface area (Å²) in [6, 6.07) is 1.81. The smallest absolute Gasteiger partial charge is 0.265 e. The number of thiophene rings is 1. The van der Waals surface area contributed by atoms with Gasteiger partial charge in [-0.25, -0.2) is 0 Å². The van der Waals surface area contributed by atoms with Crippen LogP contribution in [0.15, 0.2) is 11.4 Å². The fourth-order valence-corrected chi connectivity index (χ4v) is 2.76. The van der Waals surface area contributed by atoms with E-state index in [0.29, 0.717) is 36.6 Å². The first-order chi connectivity index (χ1) is 9.76. The van der Waals surface area contributed by atoms with Crippen LogP contribution < -0.4 is 0 Å². The molecule has 108 valence electrons. The fourth-order valence-electron chi connectivity index (χ4n) is 1.94. The lowest BCUT2D eigenvalue weighted by molar-refractivity contribution is -0.0446. The van der Waals surface area contributed by atoms with E-state index >= 15 is 0 Å². The number of rotatable bonds is 3. The van der Waals surface area contributed by atoms with Gasteiger partial charge in [0.05, 0.1) is 25.9 Å². The van der Waals surface area contributed by atoms with E-state index < -0.39 is 0 Å². The molecule has 2 rings (SSSR count). The van der Waals surface area contributed by atoms with Crippen molar-refractivity contribution in [2.75, 3.05) is 32.9 Å². The van der Waals surface area contributed by atoms with Crippen molar-refractivity contribution in [1.82, 2.24) is 4.90 Å². The zero-order valence-corrected chi connectivity index (χ0v) is 11.9. The number of hydrogen-bond donors (Lipinski definition) is 2. The maximum absolute atomic E-state index is 12.5. The van der Waals surface area contributed by atoms with Crippen LogP contribution >= 0.6 is 11.3 Å². The van der Waals surface area contributed by atoms with Crippen molar-refractivity contribution < 1.29 is 19.7 Å². The summed E-state index contributed by atoms with van der Waals surface area (Å²) in [6.45, 7) is 1.29. The molecular formula is C14H17NO4S. The lowest BCUT2D eigenvalue weighted by Crippen LogP contribution is -2.46. The van der Waals surface area contributed by atoms with Gasteiger partial charge < -0.3 is 19.8 Å². The van der Waals surface area contributed by atoms with E-state index in [9.17, 15) is 4.79 Å². The second kappa shape index (κ2) is 7.41. The Bertz CT molecular complexity index is 517. The van der Waals surface area contributed by atoms with Gasteiger partial charge >= 0.3 is 0 Å². The number of nitrogens with zero attached hydrogens (tertiary/aromatic N) is 1. The Kier molecular flexibility index (Phi) is 5.56. The van der Waals surface area contributed by atoms with Gasteiger partial charge in [0.2, 0.25) is 0 Å². The summed E-state index contributed by atoms with van der Waals surface area (Å²) >= 11 is 1.36. The summed E-state index contributed by atoms with van der Waals surface area (Å²) in [6.07, 6.45) is 0.0877. The summed E-state index contributed by atoms with van der Waals surface area (Å²) in [5.74, 6) is 5.66. The first-order valence-corrected chi connectivity index (χ1v) is 7.33. The van der Waals surface area contributed by atoms with E-state index in [0.717, 1.165) is 0 Å². The van der Waals surface area contributed by atoms with Crippen LogP contribution in [0.3, 0.4) is 0 Å². The van der Waals surface area contributed by atoms with Gasteiger partial charge in [-0.05, 0) is 11.4 Å². The van der Waals surface area contributed by atoms with Crippen LogP contribution in [0.25, 0.3) is 0 Å². The Balaban J connectivity index is 2.10. The minimum absolute atomic E-state index is 0.0159. The van der Waals surface area contributed by atoms with Crippen molar-refractivity contribution in [2.45, 2.75) is 12.5 Å². The Labute approximate surface area is 121 Å². The number of morpholine rings is 1. The lowest BCUT2D eigenvalue weighted by Gasteiger charge is -2.31. The van der Waals surface area contributed by atoms with Crippen LogP contribution in [0.5, 0.6) is 0 Å². The summed E-state index contributed by atoms with van der Waals surface area (Å²) < 4.78 is 5.34. The van der Waals surface area contributed by atoms with Gasteiger partial charge in [0.1, 0.15) is 4.88 Å². The maximum Gasteiger partial charge on any atom is 0.265 e. The average molecular weight is 295 g/mol. The molecule has 1 amide bonds. The summed E-state index contributed by atoms with van der Waals surface area (Å²) in [5.41, 5.74) is 0.695. The molecule has 2 heterocycles. The highest BCUT2D eigenvalue weighted by molar-refractivity contribution is 7.12. The lowest BCUT2D eigenvalue weighted by atomic mass is 10.2. The second-order valence-electron chi connectivity index (χ2n) is 4.37. The minimum Gasteiger partial charge on any atom is -0.395 e. The number of amides is 1. The number of ether oxygens (including phenoxy) is 1. The normalized spacial score (nSPS) is 18.5. The molecule has 20 heavy (non-hydrogen) atoms. The van der Waals surface area contributed by atoms with Crippen molar-refractivity contribution in [2.24, 2.45) is 0 Å². The minimum atomic E-state index is -0.309. The van der Waals surface area contributed by atoms with E-state index in [2.05, 4.69) is 11.8 Å². The van der Waals surface area contributed by atoms with Crippen LogP contribution in [-0.2, 0) is 4.74 Å². The first kappa shape index (κ1) is 15.0. The Morgan fingerprint density at radius 3 is 3.15 bits per heavy atom. The van der Waals surface area contributed by atoms with Crippen molar-refractivity contribution in [3.05, 3.63) is 21.9 Å². The highest BCUT2D eigenvalue weighted by Gasteiger charge is 2.26. The Hall–Kier alpha value is -1.39. The van der Waals surface area contributed by atoms with Gasteiger partial charge in [-0.1, -0.05) is 11.8 Å². The van der Waals surface area contributed by atoms with Crippen LogP contribution in [0.1, 0.15) is 21.7 Å². The van der Waals surface area contributed by atoms with Crippen molar-refractivity contribution in [1.29, 1.82) is 0 Å². The van der Waals surface area contributed by atoms with Gasteiger partial charge in [0.15, 0.2) is 0 Å². The fraction of sp³-hybridized carbons (Fsp3) is 0.500. The monoisotopic (exact) mass is 295 g/mol. The zero-order valence-electron chi connectivity index (χ0n) is 11.0. The summed E-state index contributed by atoms with van der Waals surface area (Å²) in [7, 11) is 0. The van der Waals surface area contributed by atoms with Crippen molar-refractivity contribution in [3.63, 3.8) is 0 Å². The van der Waals surface area contributed by atoms with E-state index in [-0.39, 0.29) is 25.2 Å². The molecule has 1 saturated heterocycles. The molecule has 0 bridgehead atoms. The third kappa shape index (κ3) is 3.58. The van der Waals surface area contributed by atoms with E-state index in [4.69, 9.17) is 14.9 Å². The molecule has 1 aromatic heterocycles. The predicted molar refractivity (Wildman–Crippen MR) is 75.6 cm³/mol. The van der Waals surface area contributed by atoms with E-state index in [1.165, 1.54) is 11.3 Å². The molecule has 1 fully saturated rings. The molecule has 1 aliphatic rings. The standard InChI is InChI=1S/C14H17NO4S/c16-6-2-1-3-11-4-8-20-13(11)14(18)15-5-7-19-12(9-15)10-17/h4,8,12,16-17H,2,5-7,9-10H2. The first-order valence-electron chi connectivity index (χ1n) is 6.45. The quantitative estimate of drug-likeness (QED) is 0.788. The molecule has 5 nitrogen and oxygen atoms in total. The second-order valence-corrected chi connectivity index (χ2v) is 5.28. The number of carbonyl (C=O) groups excluding carboxylic acids is 1. The zero-order chi connectivity index (χ0) is 14.4. The van der Waals surface area contributed by atoms with Gasteiger partial charge in [-0.2, -0.15) is 0 Å². The molecule has 6 heteroatoms. The molecule has 1 aliphatic heterocycles. The number of carbonyl (C=O) groups is 1. The molecule has 0 aromatic carbocycles. The maximum atomic E-state index is 12.5. The highest BCUT2D eigenvalue weighted by atomic mass is 32.1. The molecular weight excluding hydrogens is 278 g/mol. The van der Waals surface area contributed by atoms with E-state index in [1.807, 2.05) is 11.4 Å². The van der Waals surface area contributed by atoms with Gasteiger partial charge in [0.25, 0.3) is 5.91 Å². The van der Waals surface area contributed by atoms with Crippen LogP contribution in [-0.4, -0.2) is 60.0 Å². The Morgan fingerprint density at radius 1 is 1.55 bits per heavy atom. The number of aliphatic hydroxyl groups excluding tert-OH is 2. The van der Waals surface area contributed by atoms with Crippen LogP contribution in [0, 0.1) is 11.8 Å². The van der Waals surface area contributed by atoms with Gasteiger partial charge in [-0.15, -0.1) is 11.3 Å². The van der Waals surface area contributed by atoms with Crippen molar-refractivity contribution in [3.8, 4) is 11.8 Å². The molecule has 2 N–H and O–H groups in total. The summed E-state index contributed by atoms with van der Waals surface area (Å²) in [5, 5.41) is 19.7. The third-order valence-electron chi connectivity index (χ3n) is 2.95. The number of hydrogen-bond acceptors (Lipinski definition) is 5. The predicted octanol–water partition coefficient (Wildman–Crippen LogP) is 0.315. The third-order valence-corrected chi connectivity index (χ3v) is 3.85. The molecule has 1 atom stereocenters. The molecule has 0 aliphatic carbocycles. The molecule has 0 saturated carbocycles. The highest BCUT2D eigenvalue weighted by Crippen LogP contribution is 2.19. The average Bonchev–Trinajstić information content (AvgIpc) is 2.95. The SMILES string of the molecule is O=C(c1sccc1C#CCCO)N1CCOC(CO)C1. The van der Waals surface area contributed by atoms with Crippen LogP contribution in [0.2, 0.25) is 0 Å². The summed E-state index contributed by atoms with van der Waals surface area (Å²) in [4.78, 5) is 14.8. The molecule has 0 radical (unpaired) electrons. The van der Waals surface area contributed by atoms with E-state index in [1.54, 1.807) is 4.90 Å². The topological polar surface area (TPSA) is 70.0 Å². The molecule has 1 unspecified atom stereocenters. The molecule has 1 aromatic rings.